The van der Waals surface area contributed by atoms with E-state index in [-0.39, 0.29) is 11.5 Å². The lowest BCUT2D eigenvalue weighted by molar-refractivity contribution is -0.139. The molecular weight excluding hydrogens is 214 g/mol. The van der Waals surface area contributed by atoms with Gasteiger partial charge < -0.3 is 20.3 Å². The molecule has 6 nitrogen and oxygen atoms in total. The zero-order valence-electron chi connectivity index (χ0n) is 8.56. The molecule has 86 valence electrons. The smallest absolute Gasteiger partial charge is 0.312 e. The topological polar surface area (TPSA) is 95.9 Å². The zero-order chi connectivity index (χ0) is 12.1. The van der Waals surface area contributed by atoms with Crippen LogP contribution in [0.3, 0.4) is 0 Å². The van der Waals surface area contributed by atoms with E-state index in [4.69, 9.17) is 9.84 Å². The van der Waals surface area contributed by atoms with Gasteiger partial charge in [-0.15, -0.1) is 0 Å². The van der Waals surface area contributed by atoms with E-state index in [1.807, 2.05) is 0 Å². The number of rotatable bonds is 4. The van der Waals surface area contributed by atoms with E-state index in [0.717, 1.165) is 0 Å². The summed E-state index contributed by atoms with van der Waals surface area (Å²) in [5.74, 6) is -1.72. The summed E-state index contributed by atoms with van der Waals surface area (Å²) in [7, 11) is 1.40. The van der Waals surface area contributed by atoms with E-state index in [2.05, 4.69) is 5.32 Å². The average molecular weight is 225 g/mol. The second-order valence-corrected chi connectivity index (χ2v) is 3.01. The summed E-state index contributed by atoms with van der Waals surface area (Å²) in [5, 5.41) is 20.1. The quantitative estimate of drug-likeness (QED) is 0.659. The van der Waals surface area contributed by atoms with Gasteiger partial charge in [-0.2, -0.15) is 0 Å². The number of ether oxygens (including phenoxy) is 1. The van der Waals surface area contributed by atoms with Crippen molar-refractivity contribution in [3.05, 3.63) is 18.2 Å². The molecular formula is C10H11NO5. The number of methoxy groups -OCH3 is 1. The van der Waals surface area contributed by atoms with E-state index < -0.39 is 18.3 Å². The summed E-state index contributed by atoms with van der Waals surface area (Å²) in [6.07, 6.45) is -0.618. The third-order valence-corrected chi connectivity index (χ3v) is 1.77. The Labute approximate surface area is 91.5 Å². The molecule has 3 N–H and O–H groups in total. The number of phenolic OH excluding ortho intramolecular Hbond substituents is 1. The fourth-order valence-electron chi connectivity index (χ4n) is 1.11. The summed E-state index contributed by atoms with van der Waals surface area (Å²) < 4.78 is 4.81. The van der Waals surface area contributed by atoms with Crippen LogP contribution in [0.25, 0.3) is 0 Å². The van der Waals surface area contributed by atoms with Gasteiger partial charge >= 0.3 is 5.97 Å². The highest BCUT2D eigenvalue weighted by atomic mass is 16.5. The molecule has 16 heavy (non-hydrogen) atoms. The lowest BCUT2D eigenvalue weighted by atomic mass is 10.2. The lowest BCUT2D eigenvalue weighted by Crippen LogP contribution is -2.15. The number of hydrogen-bond acceptors (Lipinski definition) is 4. The molecule has 1 amide bonds. The van der Waals surface area contributed by atoms with Crippen LogP contribution in [0.5, 0.6) is 11.5 Å². The Balaban J connectivity index is 2.71. The highest BCUT2D eigenvalue weighted by Gasteiger charge is 2.09. The van der Waals surface area contributed by atoms with Gasteiger partial charge in [0, 0.05) is 11.8 Å². The molecule has 1 aromatic rings. The first-order valence-electron chi connectivity index (χ1n) is 4.41. The summed E-state index contributed by atoms with van der Waals surface area (Å²) in [6, 6.07) is 4.24. The molecule has 0 aliphatic heterocycles. The normalized spacial score (nSPS) is 9.56. The van der Waals surface area contributed by atoms with E-state index in [1.165, 1.54) is 25.3 Å². The molecule has 0 unspecified atom stereocenters. The molecule has 0 aliphatic rings. The fourth-order valence-corrected chi connectivity index (χ4v) is 1.11. The van der Waals surface area contributed by atoms with Crippen LogP contribution in [-0.4, -0.2) is 29.2 Å². The fraction of sp³-hybridized carbons (Fsp3) is 0.200. The van der Waals surface area contributed by atoms with Gasteiger partial charge in [-0.05, 0) is 12.1 Å². The van der Waals surface area contributed by atoms with Crippen molar-refractivity contribution in [2.75, 3.05) is 12.4 Å². The summed E-state index contributed by atoms with van der Waals surface area (Å²) >= 11 is 0. The molecule has 1 aromatic carbocycles. The van der Waals surface area contributed by atoms with E-state index in [1.54, 1.807) is 0 Å². The van der Waals surface area contributed by atoms with Gasteiger partial charge in [-0.3, -0.25) is 9.59 Å². The molecule has 1 rings (SSSR count). The van der Waals surface area contributed by atoms with E-state index in [0.29, 0.717) is 5.69 Å². The van der Waals surface area contributed by atoms with Crippen LogP contribution >= 0.6 is 0 Å². The van der Waals surface area contributed by atoms with Gasteiger partial charge in [0.25, 0.3) is 0 Å². The van der Waals surface area contributed by atoms with Crippen molar-refractivity contribution in [3.63, 3.8) is 0 Å². The first-order valence-corrected chi connectivity index (χ1v) is 4.41. The van der Waals surface area contributed by atoms with Crippen molar-refractivity contribution in [2.45, 2.75) is 6.42 Å². The number of benzene rings is 1. The van der Waals surface area contributed by atoms with Crippen molar-refractivity contribution in [3.8, 4) is 11.5 Å². The van der Waals surface area contributed by atoms with E-state index >= 15 is 0 Å². The van der Waals surface area contributed by atoms with Crippen LogP contribution in [0.15, 0.2) is 18.2 Å². The maximum Gasteiger partial charge on any atom is 0.312 e. The molecule has 0 saturated carbocycles. The third-order valence-electron chi connectivity index (χ3n) is 1.77. The molecule has 0 heterocycles. The monoisotopic (exact) mass is 225 g/mol. The summed E-state index contributed by atoms with van der Waals surface area (Å²) in [5.41, 5.74) is 0.310. The van der Waals surface area contributed by atoms with Crippen LogP contribution in [0.2, 0.25) is 0 Å². The number of carboxylic acids is 1. The highest BCUT2D eigenvalue weighted by molar-refractivity contribution is 6.01. The van der Waals surface area contributed by atoms with Gasteiger partial charge in [0.15, 0.2) is 11.5 Å². The van der Waals surface area contributed by atoms with Crippen molar-refractivity contribution >= 4 is 17.6 Å². The highest BCUT2D eigenvalue weighted by Crippen LogP contribution is 2.28. The number of anilines is 1. The molecule has 0 spiro atoms. The zero-order valence-corrected chi connectivity index (χ0v) is 8.56. The minimum Gasteiger partial charge on any atom is -0.504 e. The van der Waals surface area contributed by atoms with Crippen LogP contribution in [0, 0.1) is 0 Å². The number of aliphatic carboxylic acids is 1. The number of carboxylic acid groups (broad SMARTS) is 1. The predicted molar refractivity (Wildman–Crippen MR) is 55.5 cm³/mol. The van der Waals surface area contributed by atoms with Crippen molar-refractivity contribution in [1.82, 2.24) is 0 Å². The Morgan fingerprint density at radius 2 is 2.12 bits per heavy atom. The van der Waals surface area contributed by atoms with Gasteiger partial charge in [0.1, 0.15) is 6.42 Å². The Morgan fingerprint density at radius 1 is 1.44 bits per heavy atom. The Hall–Kier alpha value is -2.24. The van der Waals surface area contributed by atoms with Gasteiger partial charge in [-0.25, -0.2) is 0 Å². The van der Waals surface area contributed by atoms with Crippen LogP contribution < -0.4 is 10.1 Å². The van der Waals surface area contributed by atoms with Crippen LogP contribution in [-0.2, 0) is 9.59 Å². The molecule has 0 radical (unpaired) electrons. The largest absolute Gasteiger partial charge is 0.504 e. The maximum absolute atomic E-state index is 11.1. The SMILES string of the molecule is COc1ccc(NC(=O)CC(=O)O)cc1O. The average Bonchev–Trinajstić information content (AvgIpc) is 2.16. The molecule has 0 aromatic heterocycles. The van der Waals surface area contributed by atoms with Crippen LogP contribution in [0.4, 0.5) is 5.69 Å². The van der Waals surface area contributed by atoms with Gasteiger partial charge in [-0.1, -0.05) is 0 Å². The number of aromatic hydroxyl groups is 1. The van der Waals surface area contributed by atoms with Gasteiger partial charge in [0.2, 0.25) is 5.91 Å². The minimum atomic E-state index is -1.21. The van der Waals surface area contributed by atoms with Crippen molar-refractivity contribution in [2.24, 2.45) is 0 Å². The molecule has 6 heteroatoms. The Bertz CT molecular complexity index is 416. The number of phenols is 1. The van der Waals surface area contributed by atoms with Crippen molar-refractivity contribution < 1.29 is 24.5 Å². The standard InChI is InChI=1S/C10H11NO5/c1-16-8-3-2-6(4-7(8)12)11-9(13)5-10(14)15/h2-4,12H,5H2,1H3,(H,11,13)(H,14,15). The predicted octanol–water partition coefficient (Wildman–Crippen LogP) is 0.814. The Kier molecular flexibility index (Phi) is 3.71. The first kappa shape index (κ1) is 11.8. The van der Waals surface area contributed by atoms with E-state index in [9.17, 15) is 14.7 Å². The number of hydrogen-bond donors (Lipinski definition) is 3. The Morgan fingerprint density at radius 3 is 2.62 bits per heavy atom. The summed E-state index contributed by atoms with van der Waals surface area (Å²) in [4.78, 5) is 21.3. The second kappa shape index (κ2) is 5.01. The molecule has 0 atom stereocenters. The number of carbonyl (C=O) groups excluding carboxylic acids is 1. The first-order chi connectivity index (χ1) is 7.52. The molecule has 0 fully saturated rings. The third kappa shape index (κ3) is 3.16. The lowest BCUT2D eigenvalue weighted by Gasteiger charge is -2.06. The number of amides is 1. The van der Waals surface area contributed by atoms with Gasteiger partial charge in [0.05, 0.1) is 7.11 Å². The van der Waals surface area contributed by atoms with Crippen molar-refractivity contribution in [1.29, 1.82) is 0 Å². The molecule has 0 aliphatic carbocycles. The van der Waals surface area contributed by atoms with Crippen LogP contribution in [0.1, 0.15) is 6.42 Å². The number of carbonyl (C=O) groups is 2. The minimum absolute atomic E-state index is 0.129. The molecule has 0 saturated heterocycles. The maximum atomic E-state index is 11.1. The summed E-state index contributed by atoms with van der Waals surface area (Å²) in [6.45, 7) is 0. The second-order valence-electron chi connectivity index (χ2n) is 3.01. The number of nitrogens with one attached hydrogen (secondary N) is 1. The molecule has 0 bridgehead atoms.